The highest BCUT2D eigenvalue weighted by Crippen LogP contribution is 2.22. The number of aryl methyl sites for hydroxylation is 1. The second-order valence-electron chi connectivity index (χ2n) is 5.35. The average Bonchev–Trinajstić information content (AvgIpc) is 3.05. The Labute approximate surface area is 125 Å². The van der Waals surface area contributed by atoms with Crippen molar-refractivity contribution in [2.24, 2.45) is 0 Å². The number of imidazole rings is 1. The fourth-order valence-electron chi connectivity index (χ4n) is 2.40. The molecule has 2 rings (SSSR count). The van der Waals surface area contributed by atoms with Gasteiger partial charge in [-0.15, -0.1) is 0 Å². The maximum Gasteiger partial charge on any atom is 0.151 e. The smallest absolute Gasteiger partial charge is 0.151 e. The van der Waals surface area contributed by atoms with Gasteiger partial charge in [0.05, 0.1) is 12.3 Å². The molecule has 0 spiro atoms. The molecule has 0 aliphatic carbocycles. The van der Waals surface area contributed by atoms with Crippen LogP contribution < -0.4 is 5.32 Å². The Hall–Kier alpha value is -0.620. The summed E-state index contributed by atoms with van der Waals surface area (Å²) in [5, 5.41) is 3.95. The van der Waals surface area contributed by atoms with Gasteiger partial charge in [-0.3, -0.25) is 0 Å². The number of hydrogen-bond acceptors (Lipinski definition) is 4. The van der Waals surface area contributed by atoms with Crippen LogP contribution in [0.25, 0.3) is 0 Å². The monoisotopic (exact) mass is 301 g/mol. The van der Waals surface area contributed by atoms with Gasteiger partial charge in [-0.2, -0.15) is 0 Å². The highest BCUT2D eigenvalue weighted by atomic mass is 35.5. The van der Waals surface area contributed by atoms with E-state index in [-0.39, 0.29) is 5.60 Å². The summed E-state index contributed by atoms with van der Waals surface area (Å²) >= 11 is 6.15. The van der Waals surface area contributed by atoms with E-state index in [2.05, 4.69) is 22.2 Å². The summed E-state index contributed by atoms with van der Waals surface area (Å²) < 4.78 is 11.0. The molecule has 1 aromatic rings. The SMILES string of the molecule is CCCCc1nc(Cl)c(CNCC2(OC)CCOC2)[nH]1. The number of ether oxygens (including phenoxy) is 2. The molecule has 1 atom stereocenters. The van der Waals surface area contributed by atoms with Crippen molar-refractivity contribution in [3.63, 3.8) is 0 Å². The Bertz CT molecular complexity index is 417. The maximum atomic E-state index is 6.15. The third kappa shape index (κ3) is 3.95. The molecule has 2 heterocycles. The number of halogens is 1. The van der Waals surface area contributed by atoms with Gasteiger partial charge in [0.2, 0.25) is 0 Å². The molecule has 5 nitrogen and oxygen atoms in total. The predicted molar refractivity (Wildman–Crippen MR) is 79.1 cm³/mol. The van der Waals surface area contributed by atoms with Gasteiger partial charge in [-0.05, 0) is 6.42 Å². The first-order chi connectivity index (χ1) is 9.69. The Morgan fingerprint density at radius 2 is 2.40 bits per heavy atom. The second-order valence-corrected chi connectivity index (χ2v) is 5.71. The van der Waals surface area contributed by atoms with Crippen molar-refractivity contribution in [1.82, 2.24) is 15.3 Å². The Morgan fingerprint density at radius 3 is 3.05 bits per heavy atom. The van der Waals surface area contributed by atoms with E-state index in [1.165, 1.54) is 0 Å². The van der Waals surface area contributed by atoms with E-state index in [0.717, 1.165) is 50.4 Å². The average molecular weight is 302 g/mol. The second kappa shape index (κ2) is 7.41. The minimum Gasteiger partial charge on any atom is -0.378 e. The molecule has 1 aromatic heterocycles. The zero-order chi connectivity index (χ0) is 14.4. The van der Waals surface area contributed by atoms with Crippen LogP contribution in [0.4, 0.5) is 0 Å². The van der Waals surface area contributed by atoms with Crippen LogP contribution in [0.5, 0.6) is 0 Å². The van der Waals surface area contributed by atoms with Crippen molar-refractivity contribution in [2.75, 3.05) is 26.9 Å². The van der Waals surface area contributed by atoms with Gasteiger partial charge in [-0.1, -0.05) is 24.9 Å². The number of aromatic amines is 1. The van der Waals surface area contributed by atoms with Crippen molar-refractivity contribution in [2.45, 2.75) is 44.8 Å². The summed E-state index contributed by atoms with van der Waals surface area (Å²) in [4.78, 5) is 7.64. The molecule has 2 N–H and O–H groups in total. The normalized spacial score (nSPS) is 22.6. The fourth-order valence-corrected chi connectivity index (χ4v) is 2.61. The van der Waals surface area contributed by atoms with Crippen molar-refractivity contribution >= 4 is 11.6 Å². The summed E-state index contributed by atoms with van der Waals surface area (Å²) in [6.07, 6.45) is 4.16. The van der Waals surface area contributed by atoms with E-state index >= 15 is 0 Å². The maximum absolute atomic E-state index is 6.15. The van der Waals surface area contributed by atoms with Crippen LogP contribution in [0.3, 0.4) is 0 Å². The number of nitrogens with one attached hydrogen (secondary N) is 2. The third-order valence-corrected chi connectivity index (χ3v) is 4.11. The predicted octanol–water partition coefficient (Wildman–Crippen LogP) is 2.30. The topological polar surface area (TPSA) is 59.2 Å². The fraction of sp³-hybridized carbons (Fsp3) is 0.786. The summed E-state index contributed by atoms with van der Waals surface area (Å²) in [6.45, 7) is 5.00. The van der Waals surface area contributed by atoms with Gasteiger partial charge in [0, 0.05) is 39.6 Å². The highest BCUT2D eigenvalue weighted by Gasteiger charge is 2.34. The number of rotatable bonds is 8. The van der Waals surface area contributed by atoms with E-state index in [9.17, 15) is 0 Å². The molecular weight excluding hydrogens is 278 g/mol. The van der Waals surface area contributed by atoms with Crippen LogP contribution in [0.15, 0.2) is 0 Å². The number of H-pyrrole nitrogens is 1. The van der Waals surface area contributed by atoms with Crippen LogP contribution in [-0.2, 0) is 22.4 Å². The number of nitrogens with zero attached hydrogens (tertiary/aromatic N) is 1. The molecule has 1 unspecified atom stereocenters. The molecule has 1 saturated heterocycles. The van der Waals surface area contributed by atoms with Gasteiger partial charge in [-0.25, -0.2) is 4.98 Å². The van der Waals surface area contributed by atoms with Crippen LogP contribution in [0, 0.1) is 0 Å². The lowest BCUT2D eigenvalue weighted by atomic mass is 10.0. The van der Waals surface area contributed by atoms with Crippen molar-refractivity contribution in [1.29, 1.82) is 0 Å². The molecule has 1 aliphatic rings. The molecule has 0 bridgehead atoms. The summed E-state index contributed by atoms with van der Waals surface area (Å²) in [6, 6.07) is 0. The number of methoxy groups -OCH3 is 1. The highest BCUT2D eigenvalue weighted by molar-refractivity contribution is 6.30. The van der Waals surface area contributed by atoms with Crippen molar-refractivity contribution in [3.05, 3.63) is 16.7 Å². The number of unbranched alkanes of at least 4 members (excludes halogenated alkanes) is 1. The number of aromatic nitrogens is 2. The minimum absolute atomic E-state index is 0.197. The zero-order valence-electron chi connectivity index (χ0n) is 12.3. The van der Waals surface area contributed by atoms with E-state index in [4.69, 9.17) is 21.1 Å². The van der Waals surface area contributed by atoms with E-state index in [1.807, 2.05) is 0 Å². The summed E-state index contributed by atoms with van der Waals surface area (Å²) in [5.41, 5.74) is 0.750. The van der Waals surface area contributed by atoms with Crippen LogP contribution in [-0.4, -0.2) is 42.4 Å². The molecule has 20 heavy (non-hydrogen) atoms. The molecule has 1 aliphatic heterocycles. The quantitative estimate of drug-likeness (QED) is 0.773. The van der Waals surface area contributed by atoms with Crippen LogP contribution in [0.1, 0.15) is 37.7 Å². The van der Waals surface area contributed by atoms with Crippen molar-refractivity contribution in [3.8, 4) is 0 Å². The zero-order valence-corrected chi connectivity index (χ0v) is 13.1. The van der Waals surface area contributed by atoms with Crippen LogP contribution >= 0.6 is 11.6 Å². The Kier molecular flexibility index (Phi) is 5.84. The molecule has 0 aromatic carbocycles. The lowest BCUT2D eigenvalue weighted by Crippen LogP contribution is -2.42. The first kappa shape index (κ1) is 15.8. The van der Waals surface area contributed by atoms with E-state index in [1.54, 1.807) is 7.11 Å². The molecule has 0 radical (unpaired) electrons. The summed E-state index contributed by atoms with van der Waals surface area (Å²) in [5.74, 6) is 0.972. The first-order valence-electron chi connectivity index (χ1n) is 7.26. The molecule has 0 saturated carbocycles. The van der Waals surface area contributed by atoms with Crippen molar-refractivity contribution < 1.29 is 9.47 Å². The van der Waals surface area contributed by atoms with Gasteiger partial charge in [0.15, 0.2) is 5.15 Å². The standard InChI is InChI=1S/C14H24ClN3O2/c1-3-4-5-12-17-11(13(15)18-12)8-16-9-14(19-2)6-7-20-10-14/h16H,3-10H2,1-2H3,(H,17,18). The minimum atomic E-state index is -0.197. The van der Waals surface area contributed by atoms with Gasteiger partial charge in [0.1, 0.15) is 11.4 Å². The largest absolute Gasteiger partial charge is 0.378 e. The molecule has 1 fully saturated rings. The Morgan fingerprint density at radius 1 is 1.55 bits per heavy atom. The summed E-state index contributed by atoms with van der Waals surface area (Å²) in [7, 11) is 1.74. The third-order valence-electron chi connectivity index (χ3n) is 3.79. The van der Waals surface area contributed by atoms with Gasteiger partial charge >= 0.3 is 0 Å². The van der Waals surface area contributed by atoms with E-state index in [0.29, 0.717) is 18.3 Å². The molecule has 0 amide bonds. The lowest BCUT2D eigenvalue weighted by Gasteiger charge is -2.25. The molecule has 114 valence electrons. The van der Waals surface area contributed by atoms with Crippen LogP contribution in [0.2, 0.25) is 5.15 Å². The van der Waals surface area contributed by atoms with Gasteiger partial charge in [0.25, 0.3) is 0 Å². The van der Waals surface area contributed by atoms with E-state index < -0.39 is 0 Å². The lowest BCUT2D eigenvalue weighted by molar-refractivity contribution is -0.0159. The molecule has 6 heteroatoms. The Balaban J connectivity index is 1.82. The van der Waals surface area contributed by atoms with Gasteiger partial charge < -0.3 is 19.8 Å². The first-order valence-corrected chi connectivity index (χ1v) is 7.64. The number of hydrogen-bond donors (Lipinski definition) is 2. The molecular formula is C14H24ClN3O2.